The molecule has 33 heavy (non-hydrogen) atoms. The van der Waals surface area contributed by atoms with E-state index in [1.54, 1.807) is 24.3 Å². The van der Waals surface area contributed by atoms with Gasteiger partial charge >= 0.3 is 0 Å². The van der Waals surface area contributed by atoms with Gasteiger partial charge in [0.25, 0.3) is 11.8 Å². The highest BCUT2D eigenvalue weighted by Crippen LogP contribution is 2.24. The topological polar surface area (TPSA) is 64.7 Å². The molecular weight excluding hydrogens is 412 g/mol. The van der Waals surface area contributed by atoms with Crippen LogP contribution in [0.4, 0.5) is 17.1 Å². The highest BCUT2D eigenvalue weighted by atomic mass is 16.2. The van der Waals surface area contributed by atoms with Crippen LogP contribution in [0.15, 0.2) is 78.9 Å². The first-order valence-electron chi connectivity index (χ1n) is 11.4. The molecule has 3 aromatic rings. The van der Waals surface area contributed by atoms with Crippen molar-refractivity contribution < 1.29 is 9.59 Å². The highest BCUT2D eigenvalue weighted by molar-refractivity contribution is 6.10. The second-order valence-electron chi connectivity index (χ2n) is 8.48. The van der Waals surface area contributed by atoms with Crippen molar-refractivity contribution in [3.63, 3.8) is 0 Å². The van der Waals surface area contributed by atoms with Gasteiger partial charge in [-0.25, -0.2) is 0 Å². The van der Waals surface area contributed by atoms with E-state index in [1.807, 2.05) is 54.6 Å². The lowest BCUT2D eigenvalue weighted by molar-refractivity contribution is 0.101. The quantitative estimate of drug-likeness (QED) is 0.580. The van der Waals surface area contributed by atoms with E-state index in [0.29, 0.717) is 28.5 Å². The third-order valence-corrected chi connectivity index (χ3v) is 6.00. The molecule has 0 unspecified atom stereocenters. The molecule has 1 fully saturated rings. The van der Waals surface area contributed by atoms with Crippen molar-refractivity contribution >= 4 is 28.9 Å². The lowest BCUT2D eigenvalue weighted by Crippen LogP contribution is -2.48. The van der Waals surface area contributed by atoms with Gasteiger partial charge in [-0.2, -0.15) is 0 Å². The van der Waals surface area contributed by atoms with Crippen LogP contribution in [0.1, 0.15) is 34.6 Å². The molecule has 0 aliphatic carbocycles. The maximum absolute atomic E-state index is 12.9. The van der Waals surface area contributed by atoms with E-state index in [2.05, 4.69) is 34.3 Å². The van der Waals surface area contributed by atoms with Crippen LogP contribution in [0.3, 0.4) is 0 Å². The van der Waals surface area contributed by atoms with Crippen LogP contribution in [0.5, 0.6) is 0 Å². The van der Waals surface area contributed by atoms with Gasteiger partial charge in [0.15, 0.2) is 0 Å². The number of anilines is 3. The van der Waals surface area contributed by atoms with Crippen LogP contribution in [-0.2, 0) is 0 Å². The Kier molecular flexibility index (Phi) is 7.05. The van der Waals surface area contributed by atoms with Crippen LogP contribution in [0.25, 0.3) is 0 Å². The molecule has 0 bridgehead atoms. The fourth-order valence-electron chi connectivity index (χ4n) is 4.00. The first-order chi connectivity index (χ1) is 16.0. The van der Waals surface area contributed by atoms with Gasteiger partial charge in [0.05, 0.1) is 11.4 Å². The summed E-state index contributed by atoms with van der Waals surface area (Å²) in [5, 5.41) is 5.81. The summed E-state index contributed by atoms with van der Waals surface area (Å²) in [6.07, 6.45) is 0. The molecule has 2 N–H and O–H groups in total. The number of hydrogen-bond donors (Lipinski definition) is 2. The SMILES string of the molecule is CC(C)N1CCN(c2ccc(C(=O)Nc3ccccc3NC(=O)c3ccccc3)cc2)CC1. The average Bonchev–Trinajstić information content (AvgIpc) is 2.86. The van der Waals surface area contributed by atoms with Gasteiger partial charge in [-0.05, 0) is 62.4 Å². The number of nitrogens with zero attached hydrogens (tertiary/aromatic N) is 2. The normalized spacial score (nSPS) is 14.2. The Balaban J connectivity index is 1.40. The average molecular weight is 443 g/mol. The Labute approximate surface area is 195 Å². The van der Waals surface area contributed by atoms with Gasteiger partial charge in [-0.15, -0.1) is 0 Å². The molecule has 0 spiro atoms. The second kappa shape index (κ2) is 10.3. The van der Waals surface area contributed by atoms with Crippen molar-refractivity contribution in [2.24, 2.45) is 0 Å². The van der Waals surface area contributed by atoms with Crippen molar-refractivity contribution in [3.05, 3.63) is 90.0 Å². The van der Waals surface area contributed by atoms with Gasteiger partial charge in [-0.3, -0.25) is 14.5 Å². The summed E-state index contributed by atoms with van der Waals surface area (Å²) in [5.74, 6) is -0.438. The molecule has 4 rings (SSSR count). The van der Waals surface area contributed by atoms with E-state index in [0.717, 1.165) is 31.9 Å². The molecule has 0 aromatic heterocycles. The van der Waals surface area contributed by atoms with E-state index in [4.69, 9.17) is 0 Å². The number of para-hydroxylation sites is 2. The fourth-order valence-corrected chi connectivity index (χ4v) is 4.00. The number of carbonyl (C=O) groups excluding carboxylic acids is 2. The predicted octanol–water partition coefficient (Wildman–Crippen LogP) is 4.72. The second-order valence-corrected chi connectivity index (χ2v) is 8.48. The van der Waals surface area contributed by atoms with Crippen molar-refractivity contribution in [1.29, 1.82) is 0 Å². The standard InChI is InChI=1S/C27H30N4O2/c1-20(2)30-16-18-31(19-17-30)23-14-12-22(13-15-23)27(33)29-25-11-7-6-10-24(25)28-26(32)21-8-4-3-5-9-21/h3-15,20H,16-19H2,1-2H3,(H,28,32)(H,29,33). The molecule has 1 aliphatic heterocycles. The Hall–Kier alpha value is -3.64. The molecule has 1 aliphatic rings. The molecule has 2 amide bonds. The van der Waals surface area contributed by atoms with Gasteiger partial charge < -0.3 is 15.5 Å². The Morgan fingerprint density at radius 2 is 1.15 bits per heavy atom. The Morgan fingerprint density at radius 3 is 1.67 bits per heavy atom. The summed E-state index contributed by atoms with van der Waals surface area (Å²) in [6.45, 7) is 8.52. The van der Waals surface area contributed by atoms with Crippen molar-refractivity contribution in [2.75, 3.05) is 41.7 Å². The van der Waals surface area contributed by atoms with E-state index in [1.165, 1.54) is 0 Å². The predicted molar refractivity (Wildman–Crippen MR) is 134 cm³/mol. The summed E-state index contributed by atoms with van der Waals surface area (Å²) in [5.41, 5.74) is 3.37. The largest absolute Gasteiger partial charge is 0.369 e. The van der Waals surface area contributed by atoms with Crippen LogP contribution < -0.4 is 15.5 Å². The van der Waals surface area contributed by atoms with Crippen molar-refractivity contribution in [3.8, 4) is 0 Å². The molecule has 0 atom stereocenters. The first kappa shape index (κ1) is 22.6. The highest BCUT2D eigenvalue weighted by Gasteiger charge is 2.19. The zero-order valence-electron chi connectivity index (χ0n) is 19.1. The molecule has 1 heterocycles. The van der Waals surface area contributed by atoms with Crippen LogP contribution in [0.2, 0.25) is 0 Å². The number of nitrogens with one attached hydrogen (secondary N) is 2. The van der Waals surface area contributed by atoms with Gasteiger partial charge in [0.2, 0.25) is 0 Å². The summed E-state index contributed by atoms with van der Waals surface area (Å²) in [7, 11) is 0. The molecule has 6 heteroatoms. The van der Waals surface area contributed by atoms with Crippen molar-refractivity contribution in [2.45, 2.75) is 19.9 Å². The van der Waals surface area contributed by atoms with E-state index in [9.17, 15) is 9.59 Å². The number of hydrogen-bond acceptors (Lipinski definition) is 4. The van der Waals surface area contributed by atoms with Crippen LogP contribution >= 0.6 is 0 Å². The zero-order valence-corrected chi connectivity index (χ0v) is 19.1. The molecule has 1 saturated heterocycles. The number of amides is 2. The minimum absolute atomic E-state index is 0.215. The van der Waals surface area contributed by atoms with Gasteiger partial charge in [-0.1, -0.05) is 30.3 Å². The minimum Gasteiger partial charge on any atom is -0.369 e. The maximum Gasteiger partial charge on any atom is 0.255 e. The van der Waals surface area contributed by atoms with Gasteiger partial charge in [0, 0.05) is 49.0 Å². The lowest BCUT2D eigenvalue weighted by atomic mass is 10.1. The monoisotopic (exact) mass is 442 g/mol. The molecule has 6 nitrogen and oxygen atoms in total. The molecule has 0 saturated carbocycles. The molecule has 3 aromatic carbocycles. The number of benzene rings is 3. The molecule has 0 radical (unpaired) electrons. The molecule has 170 valence electrons. The zero-order chi connectivity index (χ0) is 23.2. The van der Waals surface area contributed by atoms with Crippen LogP contribution in [0, 0.1) is 0 Å². The van der Waals surface area contributed by atoms with Crippen LogP contribution in [-0.4, -0.2) is 48.9 Å². The van der Waals surface area contributed by atoms with Gasteiger partial charge in [0.1, 0.15) is 0 Å². The summed E-state index contributed by atoms with van der Waals surface area (Å²) in [6, 6.07) is 24.5. The maximum atomic E-state index is 12.9. The smallest absolute Gasteiger partial charge is 0.255 e. The summed E-state index contributed by atoms with van der Waals surface area (Å²) in [4.78, 5) is 30.3. The Bertz CT molecular complexity index is 1090. The lowest BCUT2D eigenvalue weighted by Gasteiger charge is -2.38. The molecular formula is C27H30N4O2. The van der Waals surface area contributed by atoms with Crippen molar-refractivity contribution in [1.82, 2.24) is 4.90 Å². The Morgan fingerprint density at radius 1 is 0.667 bits per heavy atom. The summed E-state index contributed by atoms with van der Waals surface area (Å²) >= 11 is 0. The van der Waals surface area contributed by atoms with E-state index >= 15 is 0 Å². The number of rotatable bonds is 6. The minimum atomic E-state index is -0.223. The number of piperazine rings is 1. The first-order valence-corrected chi connectivity index (χ1v) is 11.4. The fraction of sp³-hybridized carbons (Fsp3) is 0.259. The van der Waals surface area contributed by atoms with E-state index in [-0.39, 0.29) is 11.8 Å². The number of carbonyl (C=O) groups is 2. The third-order valence-electron chi connectivity index (χ3n) is 6.00. The summed E-state index contributed by atoms with van der Waals surface area (Å²) < 4.78 is 0. The van der Waals surface area contributed by atoms with E-state index < -0.39 is 0 Å². The third kappa shape index (κ3) is 5.59.